The van der Waals surface area contributed by atoms with E-state index in [1.807, 2.05) is 17.2 Å². The van der Waals surface area contributed by atoms with Crippen molar-refractivity contribution in [3.63, 3.8) is 0 Å². The van der Waals surface area contributed by atoms with E-state index in [1.54, 1.807) is 10.9 Å². The zero-order valence-electron chi connectivity index (χ0n) is 9.96. The van der Waals surface area contributed by atoms with Crippen molar-refractivity contribution in [2.45, 2.75) is 6.54 Å². The summed E-state index contributed by atoms with van der Waals surface area (Å²) in [5.41, 5.74) is 0. The van der Waals surface area contributed by atoms with Crippen molar-refractivity contribution < 1.29 is 9.28 Å². The zero-order valence-corrected chi connectivity index (χ0v) is 9.96. The summed E-state index contributed by atoms with van der Waals surface area (Å²) in [6, 6.07) is 1.84. The van der Waals surface area contributed by atoms with Crippen LogP contribution in [0, 0.1) is 0 Å². The van der Waals surface area contributed by atoms with Crippen LogP contribution in [0.4, 0.5) is 0 Å². The molecule has 0 bridgehead atoms. The fourth-order valence-corrected chi connectivity index (χ4v) is 1.89. The fourth-order valence-electron chi connectivity index (χ4n) is 1.89. The molecule has 5 nitrogen and oxygen atoms in total. The highest BCUT2D eigenvalue weighted by atomic mass is 16.2. The lowest BCUT2D eigenvalue weighted by atomic mass is 10.3. The van der Waals surface area contributed by atoms with Gasteiger partial charge in [-0.15, -0.1) is 0 Å². The summed E-state index contributed by atoms with van der Waals surface area (Å²) < 4.78 is 2.68. The molecule has 0 atom stereocenters. The summed E-state index contributed by atoms with van der Waals surface area (Å²) in [4.78, 5) is 13.9. The highest BCUT2D eigenvalue weighted by molar-refractivity contribution is 5.75. The first kappa shape index (κ1) is 11.1. The number of quaternary nitrogens is 1. The maximum Gasteiger partial charge on any atom is 0.244 e. The molecule has 88 valence electrons. The van der Waals surface area contributed by atoms with E-state index in [1.165, 1.54) is 0 Å². The molecule has 1 amide bonds. The van der Waals surface area contributed by atoms with Crippen LogP contribution in [0.2, 0.25) is 0 Å². The Labute approximate surface area is 95.8 Å². The smallest absolute Gasteiger partial charge is 0.244 e. The molecule has 1 aliphatic rings. The normalized spacial score (nSPS) is 19.8. The van der Waals surface area contributed by atoms with Crippen molar-refractivity contribution >= 4 is 5.91 Å². The van der Waals surface area contributed by atoms with Crippen molar-refractivity contribution in [3.05, 3.63) is 18.5 Å². The highest BCUT2D eigenvalue weighted by Gasteiger charge is 2.27. The second-order valence-electron chi connectivity index (χ2n) is 4.97. The Morgan fingerprint density at radius 1 is 1.38 bits per heavy atom. The van der Waals surface area contributed by atoms with Gasteiger partial charge in [-0.2, -0.15) is 5.10 Å². The Morgan fingerprint density at radius 3 is 2.62 bits per heavy atom. The molecule has 0 unspecified atom stereocenters. The van der Waals surface area contributed by atoms with Crippen LogP contribution in [-0.2, 0) is 11.3 Å². The Kier molecular flexibility index (Phi) is 2.96. The van der Waals surface area contributed by atoms with E-state index in [2.05, 4.69) is 19.2 Å². The van der Waals surface area contributed by atoms with Gasteiger partial charge >= 0.3 is 0 Å². The molecule has 2 rings (SSSR count). The van der Waals surface area contributed by atoms with Gasteiger partial charge in [-0.3, -0.25) is 9.48 Å². The molecule has 2 heterocycles. The molecule has 1 fully saturated rings. The van der Waals surface area contributed by atoms with E-state index in [0.29, 0.717) is 6.54 Å². The van der Waals surface area contributed by atoms with Crippen LogP contribution < -0.4 is 0 Å². The van der Waals surface area contributed by atoms with Crippen LogP contribution in [0.3, 0.4) is 0 Å². The lowest BCUT2D eigenvalue weighted by molar-refractivity contribution is -0.894. The molecule has 0 radical (unpaired) electrons. The SMILES string of the molecule is C[N+]1(C)CCN(C(=O)Cn2cccn2)CC1. The Morgan fingerprint density at radius 2 is 2.06 bits per heavy atom. The number of likely N-dealkylation sites (N-methyl/N-ethyl adjacent to an activating group) is 1. The number of carbonyl (C=O) groups is 1. The largest absolute Gasteiger partial charge is 0.330 e. The number of piperazine rings is 1. The minimum absolute atomic E-state index is 0.170. The second kappa shape index (κ2) is 4.25. The summed E-state index contributed by atoms with van der Waals surface area (Å²) in [7, 11) is 4.41. The maximum atomic E-state index is 11.9. The number of aromatic nitrogens is 2. The predicted octanol–water partition coefficient (Wildman–Crippen LogP) is -0.198. The molecule has 16 heavy (non-hydrogen) atoms. The van der Waals surface area contributed by atoms with Gasteiger partial charge in [0.15, 0.2) is 0 Å². The third kappa shape index (κ3) is 2.61. The van der Waals surface area contributed by atoms with Crippen LogP contribution in [-0.4, -0.2) is 65.3 Å². The summed E-state index contributed by atoms with van der Waals surface area (Å²) in [5, 5.41) is 4.04. The summed E-state index contributed by atoms with van der Waals surface area (Å²) in [5.74, 6) is 0.170. The number of hydrogen-bond donors (Lipinski definition) is 0. The van der Waals surface area contributed by atoms with E-state index in [0.717, 1.165) is 30.7 Å². The van der Waals surface area contributed by atoms with E-state index in [9.17, 15) is 4.79 Å². The van der Waals surface area contributed by atoms with Crippen molar-refractivity contribution in [1.29, 1.82) is 0 Å². The maximum absolute atomic E-state index is 11.9. The minimum Gasteiger partial charge on any atom is -0.330 e. The first-order chi connectivity index (χ1) is 7.57. The van der Waals surface area contributed by atoms with Gasteiger partial charge in [0.1, 0.15) is 6.54 Å². The number of rotatable bonds is 2. The first-order valence-corrected chi connectivity index (χ1v) is 5.64. The number of hydrogen-bond acceptors (Lipinski definition) is 2. The molecule has 1 saturated heterocycles. The van der Waals surface area contributed by atoms with Crippen LogP contribution in [0.25, 0.3) is 0 Å². The summed E-state index contributed by atoms with van der Waals surface area (Å²) in [6.07, 6.45) is 3.52. The van der Waals surface area contributed by atoms with Gasteiger partial charge < -0.3 is 9.38 Å². The third-order valence-electron chi connectivity index (χ3n) is 3.16. The minimum atomic E-state index is 0.170. The van der Waals surface area contributed by atoms with Gasteiger partial charge in [0.05, 0.1) is 40.3 Å². The molecule has 1 aromatic rings. The molecule has 0 saturated carbocycles. The summed E-state index contributed by atoms with van der Waals surface area (Å²) in [6.45, 7) is 4.14. The molecular weight excluding hydrogens is 204 g/mol. The van der Waals surface area contributed by atoms with Crippen LogP contribution in [0.1, 0.15) is 0 Å². The average molecular weight is 223 g/mol. The highest BCUT2D eigenvalue weighted by Crippen LogP contribution is 2.07. The molecule has 1 aliphatic heterocycles. The fraction of sp³-hybridized carbons (Fsp3) is 0.636. The topological polar surface area (TPSA) is 38.1 Å². The molecule has 1 aromatic heterocycles. The van der Waals surface area contributed by atoms with Gasteiger partial charge in [-0.1, -0.05) is 0 Å². The molecule has 0 aliphatic carbocycles. The van der Waals surface area contributed by atoms with E-state index in [4.69, 9.17) is 0 Å². The molecular formula is C11H19N4O+. The van der Waals surface area contributed by atoms with Crippen LogP contribution >= 0.6 is 0 Å². The number of carbonyl (C=O) groups excluding carboxylic acids is 1. The molecule has 5 heteroatoms. The van der Waals surface area contributed by atoms with Crippen molar-refractivity contribution in [1.82, 2.24) is 14.7 Å². The van der Waals surface area contributed by atoms with Crippen LogP contribution in [0.5, 0.6) is 0 Å². The third-order valence-corrected chi connectivity index (χ3v) is 3.16. The number of amides is 1. The quantitative estimate of drug-likeness (QED) is 0.651. The summed E-state index contributed by atoms with van der Waals surface area (Å²) >= 11 is 0. The second-order valence-corrected chi connectivity index (χ2v) is 4.97. The number of nitrogens with zero attached hydrogens (tertiary/aromatic N) is 4. The Balaban J connectivity index is 1.87. The average Bonchev–Trinajstić information content (AvgIpc) is 2.70. The van der Waals surface area contributed by atoms with E-state index >= 15 is 0 Å². The van der Waals surface area contributed by atoms with Crippen LogP contribution in [0.15, 0.2) is 18.5 Å². The lowest BCUT2D eigenvalue weighted by Crippen LogP contribution is -2.56. The van der Waals surface area contributed by atoms with E-state index in [-0.39, 0.29) is 5.91 Å². The standard InChI is InChI=1S/C11H19N4O/c1-15(2)8-6-13(7-9-15)11(16)10-14-5-3-4-12-14/h3-5H,6-10H2,1-2H3/q+1. The van der Waals surface area contributed by atoms with Gasteiger partial charge in [-0.25, -0.2) is 0 Å². The van der Waals surface area contributed by atoms with Crippen molar-refractivity contribution in [2.75, 3.05) is 40.3 Å². The predicted molar refractivity (Wildman–Crippen MR) is 60.6 cm³/mol. The van der Waals surface area contributed by atoms with Gasteiger partial charge in [0, 0.05) is 12.4 Å². The Bertz CT molecular complexity index is 348. The Hall–Kier alpha value is -1.36. The van der Waals surface area contributed by atoms with E-state index < -0.39 is 0 Å². The monoisotopic (exact) mass is 223 g/mol. The van der Waals surface area contributed by atoms with Gasteiger partial charge in [-0.05, 0) is 6.07 Å². The first-order valence-electron chi connectivity index (χ1n) is 5.64. The van der Waals surface area contributed by atoms with Gasteiger partial charge in [0.25, 0.3) is 0 Å². The lowest BCUT2D eigenvalue weighted by Gasteiger charge is -2.39. The van der Waals surface area contributed by atoms with Crippen molar-refractivity contribution in [2.24, 2.45) is 0 Å². The molecule has 0 N–H and O–H groups in total. The van der Waals surface area contributed by atoms with Crippen molar-refractivity contribution in [3.8, 4) is 0 Å². The molecule has 0 spiro atoms. The van der Waals surface area contributed by atoms with Gasteiger partial charge in [0.2, 0.25) is 5.91 Å². The molecule has 0 aromatic carbocycles. The zero-order chi connectivity index (χ0) is 11.6.